The minimum atomic E-state index is -0.970. The highest BCUT2D eigenvalue weighted by atomic mass is 16.4. The van der Waals surface area contributed by atoms with E-state index in [9.17, 15) is 14.4 Å². The molecule has 0 radical (unpaired) electrons. The number of anilines is 1. The van der Waals surface area contributed by atoms with Crippen LogP contribution < -0.4 is 16.0 Å². The maximum atomic E-state index is 12.4. The van der Waals surface area contributed by atoms with Gasteiger partial charge in [-0.15, -0.1) is 0 Å². The lowest BCUT2D eigenvalue weighted by atomic mass is 10.1. The summed E-state index contributed by atoms with van der Waals surface area (Å²) >= 11 is 0. The van der Waals surface area contributed by atoms with Crippen molar-refractivity contribution in [2.24, 2.45) is 0 Å². The lowest BCUT2D eigenvalue weighted by Gasteiger charge is -2.18. The maximum Gasteiger partial charge on any atom is 0.305 e. The molecule has 10 heteroatoms. The Kier molecular flexibility index (Phi) is 12.2. The van der Waals surface area contributed by atoms with Crippen LogP contribution in [0.1, 0.15) is 44.4 Å². The number of likely N-dealkylation sites (tertiary alicyclic amines) is 1. The molecular formula is C25H36N6O4. The van der Waals surface area contributed by atoms with E-state index in [0.717, 1.165) is 30.9 Å². The summed E-state index contributed by atoms with van der Waals surface area (Å²) in [5, 5.41) is 17.6. The molecule has 0 bridgehead atoms. The number of rotatable bonds is 8. The van der Waals surface area contributed by atoms with Crippen molar-refractivity contribution in [2.45, 2.75) is 52.1 Å². The number of nitrogens with zero attached hydrogens (tertiary/aromatic N) is 3. The zero-order chi connectivity index (χ0) is 25.5. The third-order valence-electron chi connectivity index (χ3n) is 5.34. The summed E-state index contributed by atoms with van der Waals surface area (Å²) in [4.78, 5) is 44.6. The molecule has 35 heavy (non-hydrogen) atoms. The van der Waals surface area contributed by atoms with Gasteiger partial charge < -0.3 is 26.0 Å². The van der Waals surface area contributed by atoms with E-state index in [0.29, 0.717) is 19.5 Å². The van der Waals surface area contributed by atoms with Gasteiger partial charge in [0.15, 0.2) is 0 Å². The average molecular weight is 485 g/mol. The molecular weight excluding hydrogens is 448 g/mol. The van der Waals surface area contributed by atoms with Gasteiger partial charge in [-0.05, 0) is 43.0 Å². The molecule has 2 aromatic heterocycles. The molecule has 4 heterocycles. The molecule has 1 fully saturated rings. The molecule has 0 aromatic carbocycles. The van der Waals surface area contributed by atoms with Gasteiger partial charge in [0, 0.05) is 38.6 Å². The zero-order valence-corrected chi connectivity index (χ0v) is 20.5. The van der Waals surface area contributed by atoms with Crippen LogP contribution in [0.2, 0.25) is 0 Å². The number of carboxylic acids is 1. The van der Waals surface area contributed by atoms with Gasteiger partial charge in [-0.2, -0.15) is 0 Å². The number of aryl methyl sites for hydroxylation is 1. The Hall–Kier alpha value is -3.53. The summed E-state index contributed by atoms with van der Waals surface area (Å²) in [6, 6.07) is 9.44. The summed E-state index contributed by atoms with van der Waals surface area (Å²) < 4.78 is 0. The van der Waals surface area contributed by atoms with Crippen molar-refractivity contribution in [2.75, 3.05) is 31.5 Å². The van der Waals surface area contributed by atoms with Gasteiger partial charge >= 0.3 is 5.97 Å². The Bertz CT molecular complexity index is 914. The van der Waals surface area contributed by atoms with E-state index in [1.54, 1.807) is 12.4 Å². The number of carbonyl (C=O) groups excluding carboxylic acids is 2. The first-order valence-electron chi connectivity index (χ1n) is 12.1. The van der Waals surface area contributed by atoms with Crippen LogP contribution in [-0.2, 0) is 27.3 Å². The number of aromatic nitrogens is 2. The number of fused-ring (bicyclic) bond motifs is 1. The molecule has 0 spiro atoms. The van der Waals surface area contributed by atoms with E-state index >= 15 is 0 Å². The van der Waals surface area contributed by atoms with Gasteiger partial charge in [0.25, 0.3) is 0 Å². The van der Waals surface area contributed by atoms with E-state index in [1.165, 1.54) is 10.5 Å². The molecule has 1 saturated heterocycles. The van der Waals surface area contributed by atoms with Gasteiger partial charge in [-0.3, -0.25) is 19.4 Å². The van der Waals surface area contributed by atoms with Gasteiger partial charge in [0.1, 0.15) is 5.82 Å². The van der Waals surface area contributed by atoms with Crippen molar-refractivity contribution in [1.82, 2.24) is 25.5 Å². The Labute approximate surface area is 206 Å². The summed E-state index contributed by atoms with van der Waals surface area (Å²) in [6.07, 6.45) is 6.15. The number of carboxylic acid groups (broad SMARTS) is 1. The average Bonchev–Trinajstić information content (AvgIpc) is 3.23. The minimum absolute atomic E-state index is 0.0440. The largest absolute Gasteiger partial charge is 0.481 e. The summed E-state index contributed by atoms with van der Waals surface area (Å²) in [5.74, 6) is -0.493. The van der Waals surface area contributed by atoms with Crippen LogP contribution in [0.25, 0.3) is 0 Å². The van der Waals surface area contributed by atoms with Crippen molar-refractivity contribution < 1.29 is 19.5 Å². The van der Waals surface area contributed by atoms with Crippen LogP contribution in [0.3, 0.4) is 0 Å². The Balaban J connectivity index is 0.000000463. The fourth-order valence-corrected chi connectivity index (χ4v) is 3.63. The van der Waals surface area contributed by atoms with Crippen molar-refractivity contribution in [3.63, 3.8) is 0 Å². The molecule has 2 aromatic rings. The molecule has 4 rings (SSSR count). The highest BCUT2D eigenvalue weighted by Gasteiger charge is 2.32. The lowest BCUT2D eigenvalue weighted by molar-refractivity contribution is -0.137. The van der Waals surface area contributed by atoms with Gasteiger partial charge in [-0.25, -0.2) is 4.98 Å². The van der Waals surface area contributed by atoms with Crippen LogP contribution >= 0.6 is 0 Å². The van der Waals surface area contributed by atoms with Gasteiger partial charge in [0.2, 0.25) is 11.8 Å². The third-order valence-corrected chi connectivity index (χ3v) is 5.34. The smallest absolute Gasteiger partial charge is 0.305 e. The van der Waals surface area contributed by atoms with E-state index in [2.05, 4.69) is 32.0 Å². The van der Waals surface area contributed by atoms with Crippen LogP contribution in [0, 0.1) is 0 Å². The highest BCUT2D eigenvalue weighted by molar-refractivity contribution is 5.89. The molecule has 1 atom stereocenters. The molecule has 2 aliphatic heterocycles. The summed E-state index contributed by atoms with van der Waals surface area (Å²) in [6.45, 7) is 5.95. The first-order valence-corrected chi connectivity index (χ1v) is 12.1. The second-order valence-electron chi connectivity index (χ2n) is 7.84. The summed E-state index contributed by atoms with van der Waals surface area (Å²) in [7, 11) is 0. The number of amides is 2. The molecule has 2 aliphatic rings. The summed E-state index contributed by atoms with van der Waals surface area (Å²) in [5.41, 5.74) is 2.10. The van der Waals surface area contributed by atoms with Gasteiger partial charge in [0.05, 0.1) is 24.7 Å². The Morgan fingerprint density at radius 1 is 1.20 bits per heavy atom. The first-order chi connectivity index (χ1) is 17.0. The fourth-order valence-electron chi connectivity index (χ4n) is 3.63. The maximum absolute atomic E-state index is 12.4. The van der Waals surface area contributed by atoms with E-state index < -0.39 is 5.97 Å². The van der Waals surface area contributed by atoms with Crippen LogP contribution in [-0.4, -0.2) is 70.0 Å². The van der Waals surface area contributed by atoms with Crippen molar-refractivity contribution in [3.05, 3.63) is 54.0 Å². The van der Waals surface area contributed by atoms with E-state index in [1.807, 2.05) is 38.1 Å². The quantitative estimate of drug-likeness (QED) is 0.445. The number of hydrogen-bond donors (Lipinski definition) is 4. The Morgan fingerprint density at radius 3 is 2.63 bits per heavy atom. The number of aliphatic carboxylic acids is 1. The molecule has 10 nitrogen and oxygen atoms in total. The fraction of sp³-hybridized carbons (Fsp3) is 0.480. The lowest BCUT2D eigenvalue weighted by Crippen LogP contribution is -2.42. The van der Waals surface area contributed by atoms with E-state index in [-0.39, 0.29) is 37.4 Å². The zero-order valence-electron chi connectivity index (χ0n) is 20.5. The Morgan fingerprint density at radius 2 is 1.97 bits per heavy atom. The number of hydrogen-bond acceptors (Lipinski definition) is 7. The van der Waals surface area contributed by atoms with Crippen molar-refractivity contribution in [3.8, 4) is 0 Å². The normalized spacial score (nSPS) is 16.0. The van der Waals surface area contributed by atoms with Crippen LogP contribution in [0.15, 0.2) is 42.7 Å². The van der Waals surface area contributed by atoms with Crippen molar-refractivity contribution >= 4 is 23.6 Å². The predicted molar refractivity (Wildman–Crippen MR) is 134 cm³/mol. The standard InChI is InChI=1S/C18H25N5O4.C5H5N.C2H6/c24-15(19-8-5-16(25)26)11-23-9-6-14(18(23)27)21-10-13-4-3-12-2-1-7-20-17(12)22-13;1-2-4-6-5-3-1;1-2/h3-4,14,21H,1-2,5-11H2,(H,19,24)(H,20,22)(H,25,26);1-5H;1-2H3/t14-;;/m0../s1. The molecule has 0 aliphatic carbocycles. The number of pyridine rings is 2. The van der Waals surface area contributed by atoms with Crippen LogP contribution in [0.4, 0.5) is 5.82 Å². The monoisotopic (exact) mass is 484 g/mol. The topological polar surface area (TPSA) is 137 Å². The third kappa shape index (κ3) is 9.70. The van der Waals surface area contributed by atoms with Crippen LogP contribution in [0.5, 0.6) is 0 Å². The molecule has 2 amide bonds. The second kappa shape index (κ2) is 15.4. The molecule has 4 N–H and O–H groups in total. The van der Waals surface area contributed by atoms with E-state index in [4.69, 9.17) is 5.11 Å². The minimum Gasteiger partial charge on any atom is -0.481 e. The molecule has 0 saturated carbocycles. The van der Waals surface area contributed by atoms with Crippen molar-refractivity contribution in [1.29, 1.82) is 0 Å². The molecule has 190 valence electrons. The molecule has 0 unspecified atom stereocenters. The SMILES string of the molecule is CC.O=C(O)CCNC(=O)CN1CC[C@H](NCc2ccc3c(n2)NCCC3)C1=O.c1ccncc1. The highest BCUT2D eigenvalue weighted by Crippen LogP contribution is 2.20. The second-order valence-corrected chi connectivity index (χ2v) is 7.84. The van der Waals surface area contributed by atoms with Gasteiger partial charge in [-0.1, -0.05) is 26.0 Å². The predicted octanol–water partition coefficient (Wildman–Crippen LogP) is 1.83. The first kappa shape index (κ1) is 27.7. The number of nitrogens with one attached hydrogen (secondary N) is 3. The number of carbonyl (C=O) groups is 3.